The molecule has 132 valence electrons. The summed E-state index contributed by atoms with van der Waals surface area (Å²) in [5.74, 6) is 1.55. The lowest BCUT2D eigenvalue weighted by molar-refractivity contribution is -0.125. The maximum absolute atomic E-state index is 13.0. The molecule has 2 aromatic rings. The quantitative estimate of drug-likeness (QED) is 0.757. The lowest BCUT2D eigenvalue weighted by Gasteiger charge is -2.25. The Kier molecular flexibility index (Phi) is 4.59. The van der Waals surface area contributed by atoms with E-state index >= 15 is 0 Å². The summed E-state index contributed by atoms with van der Waals surface area (Å²) in [7, 11) is 0. The van der Waals surface area contributed by atoms with Crippen LogP contribution in [-0.2, 0) is 10.5 Å². The molecule has 0 unspecified atom stereocenters. The molecule has 2 aromatic carbocycles. The number of carbonyl (C=O) groups excluding carboxylic acids is 1. The van der Waals surface area contributed by atoms with Crippen LogP contribution in [0.5, 0.6) is 0 Å². The number of para-hydroxylation sites is 1. The zero-order valence-electron chi connectivity index (χ0n) is 14.5. The highest BCUT2D eigenvalue weighted by molar-refractivity contribution is 8.13. The van der Waals surface area contributed by atoms with E-state index in [1.165, 1.54) is 11.8 Å². The first-order valence-electron chi connectivity index (χ1n) is 8.51. The highest BCUT2D eigenvalue weighted by Gasteiger charge is 2.42. The fourth-order valence-corrected chi connectivity index (χ4v) is 4.23. The van der Waals surface area contributed by atoms with E-state index in [9.17, 15) is 4.79 Å². The third-order valence-corrected chi connectivity index (χ3v) is 5.63. The summed E-state index contributed by atoms with van der Waals surface area (Å²) in [6, 6.07) is 15.2. The zero-order valence-corrected chi connectivity index (χ0v) is 16.1. The third kappa shape index (κ3) is 3.06. The number of fused-ring (bicyclic) bond motifs is 3. The molecule has 0 spiro atoms. The molecule has 0 fully saturated rings. The number of benzene rings is 2. The second kappa shape index (κ2) is 6.89. The fourth-order valence-electron chi connectivity index (χ4n) is 3.08. The molecule has 2 aliphatic rings. The number of amidine groups is 2. The van der Waals surface area contributed by atoms with Crippen LogP contribution in [0.3, 0.4) is 0 Å². The van der Waals surface area contributed by atoms with E-state index in [1.807, 2.05) is 62.4 Å². The Balaban J connectivity index is 1.69. The van der Waals surface area contributed by atoms with Crippen molar-refractivity contribution in [1.82, 2.24) is 4.90 Å². The van der Waals surface area contributed by atoms with Crippen LogP contribution >= 0.6 is 23.4 Å². The van der Waals surface area contributed by atoms with Crippen LogP contribution in [0, 0.1) is 5.92 Å². The van der Waals surface area contributed by atoms with Crippen LogP contribution in [0.4, 0.5) is 5.69 Å². The molecule has 4 rings (SSSR count). The van der Waals surface area contributed by atoms with E-state index in [2.05, 4.69) is 0 Å². The van der Waals surface area contributed by atoms with Gasteiger partial charge in [0.25, 0.3) is 5.91 Å². The first kappa shape index (κ1) is 17.3. The molecule has 6 heteroatoms. The lowest BCUT2D eigenvalue weighted by atomic mass is 10.1. The van der Waals surface area contributed by atoms with Crippen molar-refractivity contribution >= 4 is 46.0 Å². The Morgan fingerprint density at radius 2 is 2.00 bits per heavy atom. The minimum atomic E-state index is -0.354. The average Bonchev–Trinajstić information content (AvgIpc) is 2.98. The van der Waals surface area contributed by atoms with Crippen molar-refractivity contribution in [3.8, 4) is 0 Å². The van der Waals surface area contributed by atoms with Crippen molar-refractivity contribution in [3.63, 3.8) is 0 Å². The Hall–Kier alpha value is -2.11. The normalized spacial score (nSPS) is 18.5. The van der Waals surface area contributed by atoms with Crippen molar-refractivity contribution in [2.24, 2.45) is 15.9 Å². The number of hydrogen-bond donors (Lipinski definition) is 0. The van der Waals surface area contributed by atoms with Crippen LogP contribution in [0.2, 0.25) is 5.02 Å². The third-order valence-electron chi connectivity index (χ3n) is 4.39. The summed E-state index contributed by atoms with van der Waals surface area (Å²) >= 11 is 7.61. The number of thioether (sulfide) groups is 1. The summed E-state index contributed by atoms with van der Waals surface area (Å²) in [5, 5.41) is 1.38. The van der Waals surface area contributed by atoms with Gasteiger partial charge >= 0.3 is 0 Å². The van der Waals surface area contributed by atoms with Crippen LogP contribution in [0.25, 0.3) is 0 Å². The first-order chi connectivity index (χ1) is 12.5. The van der Waals surface area contributed by atoms with E-state index in [4.69, 9.17) is 21.6 Å². The van der Waals surface area contributed by atoms with Gasteiger partial charge in [-0.1, -0.05) is 61.5 Å². The Morgan fingerprint density at radius 3 is 2.77 bits per heavy atom. The second-order valence-corrected chi connectivity index (χ2v) is 8.02. The van der Waals surface area contributed by atoms with E-state index in [1.54, 1.807) is 4.90 Å². The standard InChI is InChI=1S/C20H18ClN3OS/c1-12(2)17-19(25)24-18(23-17)15-8-3-4-9-16(15)22-20(24)26-11-13-6-5-7-14(21)10-13/h3-10,12,17H,11H2,1-2H3/t17-/m1/s1. The van der Waals surface area contributed by atoms with Gasteiger partial charge in [0.15, 0.2) is 5.17 Å². The molecule has 0 saturated heterocycles. The van der Waals surface area contributed by atoms with Gasteiger partial charge in [-0.3, -0.25) is 9.79 Å². The van der Waals surface area contributed by atoms with E-state index in [0.29, 0.717) is 21.8 Å². The van der Waals surface area contributed by atoms with Gasteiger partial charge in [-0.25, -0.2) is 9.89 Å². The highest BCUT2D eigenvalue weighted by atomic mass is 35.5. The van der Waals surface area contributed by atoms with E-state index in [-0.39, 0.29) is 17.9 Å². The van der Waals surface area contributed by atoms with Gasteiger partial charge in [-0.15, -0.1) is 0 Å². The number of carbonyl (C=O) groups is 1. The number of amides is 1. The minimum absolute atomic E-state index is 0.00171. The van der Waals surface area contributed by atoms with Gasteiger partial charge in [0.2, 0.25) is 0 Å². The molecule has 0 aromatic heterocycles. The molecule has 0 N–H and O–H groups in total. The predicted octanol–water partition coefficient (Wildman–Crippen LogP) is 4.89. The molecule has 2 heterocycles. The lowest BCUT2D eigenvalue weighted by Crippen LogP contribution is -2.41. The number of nitrogens with zero attached hydrogens (tertiary/aromatic N) is 3. The van der Waals surface area contributed by atoms with Crippen LogP contribution in [-0.4, -0.2) is 27.9 Å². The molecule has 26 heavy (non-hydrogen) atoms. The van der Waals surface area contributed by atoms with Gasteiger partial charge in [0.1, 0.15) is 11.9 Å². The minimum Gasteiger partial charge on any atom is -0.271 e. The molecule has 2 aliphatic heterocycles. The summed E-state index contributed by atoms with van der Waals surface area (Å²) < 4.78 is 0. The number of rotatable bonds is 3. The average molecular weight is 384 g/mol. The molecular weight excluding hydrogens is 366 g/mol. The Bertz CT molecular complexity index is 938. The molecule has 0 saturated carbocycles. The van der Waals surface area contributed by atoms with Crippen molar-refractivity contribution in [3.05, 3.63) is 64.7 Å². The number of halogens is 1. The molecule has 1 atom stereocenters. The summed E-state index contributed by atoms with van der Waals surface area (Å²) in [5.41, 5.74) is 2.86. The molecular formula is C20H18ClN3OS. The van der Waals surface area contributed by atoms with Crippen LogP contribution in [0.1, 0.15) is 25.0 Å². The topological polar surface area (TPSA) is 45.0 Å². The van der Waals surface area contributed by atoms with Crippen LogP contribution in [0.15, 0.2) is 58.5 Å². The fraction of sp³-hybridized carbons (Fsp3) is 0.250. The smallest absolute Gasteiger partial charge is 0.259 e. The number of hydrogen-bond acceptors (Lipinski definition) is 4. The summed E-state index contributed by atoms with van der Waals surface area (Å²) in [4.78, 5) is 24.1. The van der Waals surface area contributed by atoms with E-state index < -0.39 is 0 Å². The maximum atomic E-state index is 13.0. The monoisotopic (exact) mass is 383 g/mol. The predicted molar refractivity (Wildman–Crippen MR) is 108 cm³/mol. The van der Waals surface area contributed by atoms with Crippen molar-refractivity contribution in [2.75, 3.05) is 0 Å². The highest BCUT2D eigenvalue weighted by Crippen LogP contribution is 2.35. The SMILES string of the molecule is CC(C)[C@H]1N=C2c3ccccc3N=C(SCc3cccc(Cl)c3)N2C1=O. The molecule has 1 amide bonds. The summed E-state index contributed by atoms with van der Waals surface area (Å²) in [6.45, 7) is 4.04. The van der Waals surface area contributed by atoms with Crippen LogP contribution < -0.4 is 0 Å². The van der Waals surface area contributed by atoms with E-state index in [0.717, 1.165) is 16.8 Å². The van der Waals surface area contributed by atoms with Gasteiger partial charge < -0.3 is 0 Å². The Morgan fingerprint density at radius 1 is 1.19 bits per heavy atom. The molecule has 0 radical (unpaired) electrons. The Labute approximate surface area is 162 Å². The van der Waals surface area contributed by atoms with Gasteiger partial charge in [-0.05, 0) is 35.7 Å². The zero-order chi connectivity index (χ0) is 18.3. The van der Waals surface area contributed by atoms with Gasteiger partial charge in [-0.2, -0.15) is 0 Å². The van der Waals surface area contributed by atoms with Crippen molar-refractivity contribution < 1.29 is 4.79 Å². The first-order valence-corrected chi connectivity index (χ1v) is 9.88. The maximum Gasteiger partial charge on any atom is 0.259 e. The molecule has 0 aliphatic carbocycles. The van der Waals surface area contributed by atoms with Gasteiger partial charge in [0, 0.05) is 16.3 Å². The second-order valence-electron chi connectivity index (χ2n) is 6.65. The largest absolute Gasteiger partial charge is 0.271 e. The number of aliphatic imine (C=N–C) groups is 2. The molecule has 4 nitrogen and oxygen atoms in total. The summed E-state index contributed by atoms with van der Waals surface area (Å²) in [6.07, 6.45) is 0. The van der Waals surface area contributed by atoms with Crippen molar-refractivity contribution in [1.29, 1.82) is 0 Å². The van der Waals surface area contributed by atoms with Gasteiger partial charge in [0.05, 0.1) is 5.69 Å². The van der Waals surface area contributed by atoms with Crippen molar-refractivity contribution in [2.45, 2.75) is 25.6 Å². The molecule has 0 bridgehead atoms.